The van der Waals surface area contributed by atoms with Crippen molar-refractivity contribution < 1.29 is 9.47 Å². The lowest BCUT2D eigenvalue weighted by molar-refractivity contribution is 0.170. The largest absolute Gasteiger partial charge is 0.493 e. The van der Waals surface area contributed by atoms with E-state index in [1.54, 1.807) is 18.8 Å². The van der Waals surface area contributed by atoms with E-state index in [1.807, 2.05) is 18.2 Å². The van der Waals surface area contributed by atoms with E-state index >= 15 is 0 Å². The van der Waals surface area contributed by atoms with Gasteiger partial charge in [0.15, 0.2) is 11.5 Å². The summed E-state index contributed by atoms with van der Waals surface area (Å²) in [4.78, 5) is 17.2. The predicted octanol–water partition coefficient (Wildman–Crippen LogP) is 3.20. The van der Waals surface area contributed by atoms with Gasteiger partial charge in [0.1, 0.15) is 5.82 Å². The third-order valence-electron chi connectivity index (χ3n) is 6.04. The smallest absolute Gasteiger partial charge is 0.349 e. The quantitative estimate of drug-likeness (QED) is 0.803. The fraction of sp³-hybridized carbons (Fsp3) is 0.565. The fourth-order valence-electron chi connectivity index (χ4n) is 5.25. The van der Waals surface area contributed by atoms with Gasteiger partial charge < -0.3 is 20.1 Å². The minimum atomic E-state index is -0.220. The Morgan fingerprint density at radius 3 is 2.33 bits per heavy atom. The molecule has 0 bridgehead atoms. The van der Waals surface area contributed by atoms with Gasteiger partial charge >= 0.3 is 5.69 Å². The highest BCUT2D eigenvalue weighted by atomic mass is 16.5. The van der Waals surface area contributed by atoms with Crippen LogP contribution in [0.2, 0.25) is 0 Å². The normalized spacial score (nSPS) is 19.5. The van der Waals surface area contributed by atoms with E-state index in [0.717, 1.165) is 36.1 Å². The van der Waals surface area contributed by atoms with E-state index in [1.165, 1.54) is 0 Å². The third-order valence-corrected chi connectivity index (χ3v) is 6.04. The second kappa shape index (κ2) is 7.30. The molecule has 0 amide bonds. The molecule has 0 spiro atoms. The molecule has 0 unspecified atom stereocenters. The first-order chi connectivity index (χ1) is 14.1. The Bertz CT molecular complexity index is 1010. The number of nitrogens with zero attached hydrogens (tertiary/aromatic N) is 2. The van der Waals surface area contributed by atoms with Crippen LogP contribution in [0.5, 0.6) is 11.5 Å². The molecule has 7 nitrogen and oxygen atoms in total. The third kappa shape index (κ3) is 3.90. The van der Waals surface area contributed by atoms with Gasteiger partial charge in [-0.2, -0.15) is 4.98 Å². The van der Waals surface area contributed by atoms with Gasteiger partial charge in [0, 0.05) is 35.3 Å². The second-order valence-electron chi connectivity index (χ2n) is 9.72. The maximum atomic E-state index is 12.8. The van der Waals surface area contributed by atoms with Crippen LogP contribution in [0, 0.1) is 0 Å². The van der Waals surface area contributed by atoms with Crippen molar-refractivity contribution >= 4 is 5.82 Å². The number of rotatable bonds is 4. The topological polar surface area (TPSA) is 77.4 Å². The molecule has 0 atom stereocenters. The Morgan fingerprint density at radius 1 is 1.07 bits per heavy atom. The number of aromatic nitrogens is 2. The number of methoxy groups -OCH3 is 2. The van der Waals surface area contributed by atoms with Gasteiger partial charge in [-0.3, -0.25) is 4.57 Å². The zero-order valence-electron chi connectivity index (χ0n) is 18.8. The van der Waals surface area contributed by atoms with Crippen molar-refractivity contribution in [2.75, 3.05) is 19.5 Å². The van der Waals surface area contributed by atoms with E-state index in [2.05, 4.69) is 43.3 Å². The summed E-state index contributed by atoms with van der Waals surface area (Å²) in [7, 11) is 3.26. The van der Waals surface area contributed by atoms with Gasteiger partial charge in [-0.25, -0.2) is 4.79 Å². The Hall–Kier alpha value is -2.54. The van der Waals surface area contributed by atoms with Crippen LogP contribution < -0.4 is 25.8 Å². The van der Waals surface area contributed by atoms with Crippen molar-refractivity contribution in [3.63, 3.8) is 0 Å². The summed E-state index contributed by atoms with van der Waals surface area (Å²) in [5.41, 5.74) is 2.81. The molecule has 162 valence electrons. The Labute approximate surface area is 177 Å². The minimum Gasteiger partial charge on any atom is -0.493 e. The molecule has 0 saturated carbocycles. The average Bonchev–Trinajstić information content (AvgIpc) is 2.64. The van der Waals surface area contributed by atoms with Gasteiger partial charge in [0.25, 0.3) is 0 Å². The van der Waals surface area contributed by atoms with Gasteiger partial charge in [-0.15, -0.1) is 0 Å². The number of piperidine rings is 1. The number of fused-ring (bicyclic) bond motifs is 3. The van der Waals surface area contributed by atoms with Crippen molar-refractivity contribution in [2.24, 2.45) is 0 Å². The Kier molecular flexibility index (Phi) is 5.04. The molecule has 1 saturated heterocycles. The van der Waals surface area contributed by atoms with Crippen molar-refractivity contribution in [3.05, 3.63) is 34.2 Å². The summed E-state index contributed by atoms with van der Waals surface area (Å²) in [5, 5.41) is 7.24. The number of ether oxygens (including phenoxy) is 2. The summed E-state index contributed by atoms with van der Waals surface area (Å²) >= 11 is 0. The number of nitrogens with one attached hydrogen (secondary N) is 2. The molecule has 1 fully saturated rings. The van der Waals surface area contributed by atoms with Gasteiger partial charge in [0.2, 0.25) is 0 Å². The lowest BCUT2D eigenvalue weighted by Crippen LogP contribution is -2.60. The molecular weight excluding hydrogens is 380 g/mol. The van der Waals surface area contributed by atoms with Crippen LogP contribution in [0.4, 0.5) is 5.82 Å². The van der Waals surface area contributed by atoms with Crippen LogP contribution in [0.3, 0.4) is 0 Å². The number of hydrogen-bond donors (Lipinski definition) is 2. The first-order valence-corrected chi connectivity index (χ1v) is 10.5. The first kappa shape index (κ1) is 20.7. The fourth-order valence-corrected chi connectivity index (χ4v) is 5.25. The molecule has 0 aliphatic carbocycles. The maximum absolute atomic E-state index is 12.8. The molecule has 4 rings (SSSR count). The summed E-state index contributed by atoms with van der Waals surface area (Å²) in [6.07, 6.45) is 2.67. The molecule has 3 heterocycles. The van der Waals surface area contributed by atoms with Crippen molar-refractivity contribution in [1.29, 1.82) is 0 Å². The monoisotopic (exact) mass is 412 g/mol. The minimum absolute atomic E-state index is 0.0131. The highest BCUT2D eigenvalue weighted by Gasteiger charge is 2.37. The Balaban J connectivity index is 1.72. The number of benzene rings is 1. The van der Waals surface area contributed by atoms with Crippen molar-refractivity contribution in [2.45, 2.75) is 70.6 Å². The van der Waals surface area contributed by atoms with Crippen molar-refractivity contribution in [3.8, 4) is 22.8 Å². The molecule has 7 heteroatoms. The highest BCUT2D eigenvalue weighted by Crippen LogP contribution is 2.38. The second-order valence-corrected chi connectivity index (χ2v) is 9.72. The average molecular weight is 413 g/mol. The highest BCUT2D eigenvalue weighted by molar-refractivity contribution is 5.72. The zero-order valence-corrected chi connectivity index (χ0v) is 18.8. The summed E-state index contributed by atoms with van der Waals surface area (Å²) in [5.74, 6) is 2.00. The van der Waals surface area contributed by atoms with Crippen LogP contribution >= 0.6 is 0 Å². The molecule has 1 aromatic heterocycles. The van der Waals surface area contributed by atoms with Crippen LogP contribution in [-0.2, 0) is 13.0 Å². The van der Waals surface area contributed by atoms with Gasteiger partial charge in [0.05, 0.1) is 19.9 Å². The van der Waals surface area contributed by atoms with E-state index in [-0.39, 0.29) is 22.8 Å². The number of aryl methyl sites for hydroxylation is 1. The molecule has 2 N–H and O–H groups in total. The number of anilines is 1. The first-order valence-electron chi connectivity index (χ1n) is 10.5. The Morgan fingerprint density at radius 2 is 1.70 bits per heavy atom. The standard InChI is InChI=1S/C23H32N4O3/c1-22(2)12-15(13-23(3,4)26-22)24-20-11-17-16-10-19(30-6)18(29-5)9-14(16)7-8-27(17)21(28)25-20/h9-11,15,26H,7-8,12-13H2,1-6H3,(H,24,25,28). The van der Waals surface area contributed by atoms with E-state index in [4.69, 9.17) is 9.47 Å². The lowest BCUT2D eigenvalue weighted by atomic mass is 9.79. The lowest BCUT2D eigenvalue weighted by Gasteiger charge is -2.46. The van der Waals surface area contributed by atoms with Crippen LogP contribution in [0.25, 0.3) is 11.3 Å². The predicted molar refractivity (Wildman–Crippen MR) is 119 cm³/mol. The van der Waals surface area contributed by atoms with E-state index < -0.39 is 0 Å². The maximum Gasteiger partial charge on any atom is 0.349 e. The van der Waals surface area contributed by atoms with E-state index in [0.29, 0.717) is 23.9 Å². The van der Waals surface area contributed by atoms with Crippen LogP contribution in [0.1, 0.15) is 46.1 Å². The molecule has 2 aliphatic heterocycles. The summed E-state index contributed by atoms with van der Waals surface area (Å²) in [6.45, 7) is 9.47. The molecule has 1 aromatic carbocycles. The summed E-state index contributed by atoms with van der Waals surface area (Å²) < 4.78 is 12.7. The molecule has 0 radical (unpaired) electrons. The summed E-state index contributed by atoms with van der Waals surface area (Å²) in [6, 6.07) is 6.19. The molecular formula is C23H32N4O3. The van der Waals surface area contributed by atoms with Gasteiger partial charge in [-0.05, 0) is 64.7 Å². The van der Waals surface area contributed by atoms with Crippen molar-refractivity contribution in [1.82, 2.24) is 14.9 Å². The van der Waals surface area contributed by atoms with Crippen LogP contribution in [0.15, 0.2) is 23.0 Å². The molecule has 30 heavy (non-hydrogen) atoms. The molecule has 2 aliphatic rings. The van der Waals surface area contributed by atoms with E-state index in [9.17, 15) is 4.79 Å². The van der Waals surface area contributed by atoms with Crippen LogP contribution in [-0.4, -0.2) is 40.9 Å². The molecule has 2 aromatic rings. The SMILES string of the molecule is COc1cc2c(cc1OC)-c1cc(NC3CC(C)(C)NC(C)(C)C3)nc(=O)n1CC2. The van der Waals surface area contributed by atoms with Gasteiger partial charge in [-0.1, -0.05) is 0 Å². The number of hydrogen-bond acceptors (Lipinski definition) is 6. The zero-order chi connectivity index (χ0) is 21.7.